The molecule has 2 aromatic carbocycles. The smallest absolute Gasteiger partial charge is 0.173 e. The highest BCUT2D eigenvalue weighted by atomic mass is 32.2. The van der Waals surface area contributed by atoms with Gasteiger partial charge in [0, 0.05) is 11.1 Å². The Hall–Kier alpha value is -3.61. The molecule has 0 spiro atoms. The number of nitriles is 2. The van der Waals surface area contributed by atoms with Gasteiger partial charge < -0.3 is 5.73 Å². The van der Waals surface area contributed by atoms with Crippen LogP contribution in [-0.4, -0.2) is 16.5 Å². The van der Waals surface area contributed by atoms with Crippen LogP contribution in [0.15, 0.2) is 59.6 Å². The summed E-state index contributed by atoms with van der Waals surface area (Å²) < 4.78 is 0. The lowest BCUT2D eigenvalue weighted by Gasteiger charge is -2.14. The molecule has 0 atom stereocenters. The van der Waals surface area contributed by atoms with E-state index in [0.29, 0.717) is 22.1 Å². The molecule has 1 aromatic heterocycles. The number of hydrogen-bond acceptors (Lipinski definition) is 6. The second-order valence-corrected chi connectivity index (χ2v) is 7.97. The molecule has 0 unspecified atom stereocenters. The van der Waals surface area contributed by atoms with Crippen molar-refractivity contribution in [3.8, 4) is 23.3 Å². The third-order valence-corrected chi connectivity index (χ3v) is 5.69. The SMILES string of the molecule is CC(C)c1ccc(-c2c(C#N)c(N)nc(SCC(=O)c3ccccc3)c2C#N)cc1. The number of hydrogen-bond donors (Lipinski definition) is 1. The van der Waals surface area contributed by atoms with Crippen LogP contribution < -0.4 is 5.73 Å². The lowest BCUT2D eigenvalue weighted by atomic mass is 9.94. The molecule has 5 nitrogen and oxygen atoms in total. The van der Waals surface area contributed by atoms with Gasteiger partial charge in [-0.2, -0.15) is 10.5 Å². The predicted molar refractivity (Wildman–Crippen MR) is 119 cm³/mol. The number of ketones is 1. The van der Waals surface area contributed by atoms with Gasteiger partial charge in [0.25, 0.3) is 0 Å². The number of carbonyl (C=O) groups is 1. The molecule has 3 aromatic rings. The molecule has 0 aliphatic heterocycles. The van der Waals surface area contributed by atoms with Crippen LogP contribution in [-0.2, 0) is 0 Å². The van der Waals surface area contributed by atoms with Crippen LogP contribution in [0.4, 0.5) is 5.82 Å². The van der Waals surface area contributed by atoms with E-state index in [4.69, 9.17) is 5.73 Å². The fourth-order valence-corrected chi connectivity index (χ4v) is 3.96. The Morgan fingerprint density at radius 1 is 1.03 bits per heavy atom. The summed E-state index contributed by atoms with van der Waals surface area (Å²) in [5.41, 5.74) is 9.39. The molecule has 2 N–H and O–H groups in total. The number of rotatable bonds is 6. The van der Waals surface area contributed by atoms with Crippen LogP contribution in [0.5, 0.6) is 0 Å². The van der Waals surface area contributed by atoms with Gasteiger partial charge in [-0.15, -0.1) is 0 Å². The number of pyridine rings is 1. The van der Waals surface area contributed by atoms with E-state index >= 15 is 0 Å². The second kappa shape index (κ2) is 9.26. The van der Waals surface area contributed by atoms with Crippen LogP contribution in [0, 0.1) is 22.7 Å². The van der Waals surface area contributed by atoms with Gasteiger partial charge in [-0.25, -0.2) is 4.98 Å². The largest absolute Gasteiger partial charge is 0.383 e. The summed E-state index contributed by atoms with van der Waals surface area (Å²) in [4.78, 5) is 16.7. The molecule has 30 heavy (non-hydrogen) atoms. The molecule has 0 bridgehead atoms. The molecular formula is C24H20N4OS. The van der Waals surface area contributed by atoms with Crippen molar-refractivity contribution in [2.45, 2.75) is 24.8 Å². The Balaban J connectivity index is 2.02. The zero-order valence-electron chi connectivity index (χ0n) is 16.7. The van der Waals surface area contributed by atoms with E-state index in [9.17, 15) is 15.3 Å². The van der Waals surface area contributed by atoms with Crippen molar-refractivity contribution in [1.29, 1.82) is 10.5 Å². The zero-order chi connectivity index (χ0) is 21.7. The van der Waals surface area contributed by atoms with Crippen molar-refractivity contribution in [3.05, 3.63) is 76.9 Å². The maximum Gasteiger partial charge on any atom is 0.173 e. The number of anilines is 1. The fraction of sp³-hybridized carbons (Fsp3) is 0.167. The maximum absolute atomic E-state index is 12.5. The van der Waals surface area contributed by atoms with Crippen LogP contribution in [0.2, 0.25) is 0 Å². The Morgan fingerprint density at radius 2 is 1.67 bits per heavy atom. The van der Waals surface area contributed by atoms with Gasteiger partial charge in [0.05, 0.1) is 11.3 Å². The van der Waals surface area contributed by atoms with Gasteiger partial charge in [0.15, 0.2) is 5.78 Å². The minimum Gasteiger partial charge on any atom is -0.383 e. The van der Waals surface area contributed by atoms with Crippen molar-refractivity contribution in [2.24, 2.45) is 0 Å². The molecule has 0 saturated carbocycles. The van der Waals surface area contributed by atoms with E-state index in [1.165, 1.54) is 0 Å². The molecule has 1 heterocycles. The van der Waals surface area contributed by atoms with Gasteiger partial charge in [-0.1, -0.05) is 80.2 Å². The van der Waals surface area contributed by atoms with E-state index in [1.54, 1.807) is 24.3 Å². The molecule has 0 fully saturated rings. The summed E-state index contributed by atoms with van der Waals surface area (Å²) in [6.07, 6.45) is 0. The molecule has 0 saturated heterocycles. The molecule has 3 rings (SSSR count). The van der Waals surface area contributed by atoms with Crippen LogP contribution >= 0.6 is 11.8 Å². The second-order valence-electron chi connectivity index (χ2n) is 7.01. The first-order valence-corrected chi connectivity index (χ1v) is 10.4. The highest BCUT2D eigenvalue weighted by Gasteiger charge is 2.21. The van der Waals surface area contributed by atoms with Crippen molar-refractivity contribution < 1.29 is 4.79 Å². The summed E-state index contributed by atoms with van der Waals surface area (Å²) in [7, 11) is 0. The zero-order valence-corrected chi connectivity index (χ0v) is 17.5. The summed E-state index contributed by atoms with van der Waals surface area (Å²) >= 11 is 1.15. The number of thioether (sulfide) groups is 1. The highest BCUT2D eigenvalue weighted by molar-refractivity contribution is 8.00. The Labute approximate surface area is 180 Å². The first kappa shape index (κ1) is 21.1. The third kappa shape index (κ3) is 4.35. The average Bonchev–Trinajstić information content (AvgIpc) is 2.77. The first-order valence-electron chi connectivity index (χ1n) is 9.41. The van der Waals surface area contributed by atoms with Crippen LogP contribution in [0.1, 0.15) is 46.8 Å². The number of nitrogens with zero attached hydrogens (tertiary/aromatic N) is 3. The van der Waals surface area contributed by atoms with Gasteiger partial charge in [-0.05, 0) is 17.0 Å². The van der Waals surface area contributed by atoms with Gasteiger partial charge in [-0.3, -0.25) is 4.79 Å². The molecular weight excluding hydrogens is 392 g/mol. The van der Waals surface area contributed by atoms with E-state index in [1.807, 2.05) is 30.3 Å². The standard InChI is InChI=1S/C24H20N4OS/c1-15(2)16-8-10-18(11-9-16)22-19(12-25)23(27)28-24(20(22)13-26)30-14-21(29)17-6-4-3-5-7-17/h3-11,15H,14H2,1-2H3,(H2,27,28). The minimum atomic E-state index is -0.0722. The molecule has 0 aliphatic rings. The quantitative estimate of drug-likeness (QED) is 0.442. The molecule has 0 amide bonds. The van der Waals surface area contributed by atoms with E-state index in [2.05, 4.69) is 31.0 Å². The lowest BCUT2D eigenvalue weighted by molar-refractivity contribution is 0.102. The Bertz CT molecular complexity index is 1160. The van der Waals surface area contributed by atoms with Crippen molar-refractivity contribution in [3.63, 3.8) is 0 Å². The number of Topliss-reactive ketones (excluding diaryl/α,β-unsaturated/α-hetero) is 1. The topological polar surface area (TPSA) is 104 Å². The number of aromatic nitrogens is 1. The summed E-state index contributed by atoms with van der Waals surface area (Å²) in [5.74, 6) is 0.455. The monoisotopic (exact) mass is 412 g/mol. The summed E-state index contributed by atoms with van der Waals surface area (Å²) in [6, 6.07) is 20.9. The van der Waals surface area contributed by atoms with Gasteiger partial charge >= 0.3 is 0 Å². The first-order chi connectivity index (χ1) is 14.5. The number of nitrogen functional groups attached to an aromatic ring is 1. The average molecular weight is 413 g/mol. The molecule has 148 valence electrons. The Morgan fingerprint density at radius 3 is 2.23 bits per heavy atom. The number of nitrogens with two attached hydrogens (primary N) is 1. The minimum absolute atomic E-state index is 0.0501. The summed E-state index contributed by atoms with van der Waals surface area (Å²) in [5, 5.41) is 19.8. The number of benzene rings is 2. The van der Waals surface area contributed by atoms with Crippen molar-refractivity contribution in [2.75, 3.05) is 11.5 Å². The third-order valence-electron chi connectivity index (χ3n) is 4.72. The van der Waals surface area contributed by atoms with Crippen molar-refractivity contribution >= 4 is 23.4 Å². The summed E-state index contributed by atoms with van der Waals surface area (Å²) in [6.45, 7) is 4.19. The van der Waals surface area contributed by atoms with Crippen LogP contribution in [0.25, 0.3) is 11.1 Å². The van der Waals surface area contributed by atoms with Gasteiger partial charge in [0.1, 0.15) is 28.5 Å². The maximum atomic E-state index is 12.5. The molecule has 0 radical (unpaired) electrons. The van der Waals surface area contributed by atoms with E-state index in [0.717, 1.165) is 22.9 Å². The molecule has 0 aliphatic carbocycles. The normalized spacial score (nSPS) is 10.4. The molecule has 6 heteroatoms. The predicted octanol–water partition coefficient (Wildman–Crippen LogP) is 5.17. The lowest BCUT2D eigenvalue weighted by Crippen LogP contribution is -2.06. The number of carbonyl (C=O) groups excluding carboxylic acids is 1. The fourth-order valence-electron chi connectivity index (χ4n) is 3.07. The highest BCUT2D eigenvalue weighted by Crippen LogP contribution is 2.36. The van der Waals surface area contributed by atoms with Crippen LogP contribution in [0.3, 0.4) is 0 Å². The van der Waals surface area contributed by atoms with E-state index < -0.39 is 0 Å². The van der Waals surface area contributed by atoms with Gasteiger partial charge in [0.2, 0.25) is 0 Å². The van der Waals surface area contributed by atoms with Crippen molar-refractivity contribution in [1.82, 2.24) is 4.98 Å². The van der Waals surface area contributed by atoms with E-state index in [-0.39, 0.29) is 28.5 Å². The Kier molecular flexibility index (Phi) is 6.51.